The van der Waals surface area contributed by atoms with E-state index in [1.165, 1.54) is 21.1 Å². The van der Waals surface area contributed by atoms with Crippen LogP contribution in [0.1, 0.15) is 24.8 Å². The van der Waals surface area contributed by atoms with Gasteiger partial charge in [-0.25, -0.2) is 9.69 Å². The van der Waals surface area contributed by atoms with Gasteiger partial charge in [0.05, 0.1) is 6.00 Å². The summed E-state index contributed by atoms with van der Waals surface area (Å²) in [5.41, 5.74) is 0. The Balaban J connectivity index is 2.20. The summed E-state index contributed by atoms with van der Waals surface area (Å²) < 4.78 is 0. The first-order valence-corrected chi connectivity index (χ1v) is 7.17. The Morgan fingerprint density at radius 3 is 3.00 bits per heavy atom. The van der Waals surface area contributed by atoms with E-state index >= 15 is 0 Å². The molecular formula is C10H15ClN4O2S. The van der Waals surface area contributed by atoms with Crippen LogP contribution in [0.5, 0.6) is 0 Å². The molecule has 6 nitrogen and oxygen atoms in total. The first-order chi connectivity index (χ1) is 8.67. The van der Waals surface area contributed by atoms with Gasteiger partial charge in [-0.3, -0.25) is 0 Å². The molecule has 18 heavy (non-hydrogen) atoms. The first-order valence-electron chi connectivity index (χ1n) is 5.82. The molecule has 0 aromatic carbocycles. The van der Waals surface area contributed by atoms with Gasteiger partial charge >= 0.3 is 6.03 Å². The lowest BCUT2D eigenvalue weighted by atomic mass is 10.3. The van der Waals surface area contributed by atoms with Crippen LogP contribution in [0.15, 0.2) is 0 Å². The second-order valence-corrected chi connectivity index (χ2v) is 5.31. The zero-order valence-corrected chi connectivity index (χ0v) is 11.6. The number of aliphatic hydroxyl groups is 1. The second-order valence-electron chi connectivity index (χ2n) is 4.03. The standard InChI is InChI=1S/C10H15ClN4O2S/c1-2-3-7-12-13-9(18-7)15-8(16)4-5-14(6-11)10(15)17/h8,16H,2-6H2,1H3. The maximum absolute atomic E-state index is 12.1. The molecule has 1 aliphatic rings. The molecule has 1 unspecified atom stereocenters. The summed E-state index contributed by atoms with van der Waals surface area (Å²) in [4.78, 5) is 14.8. The van der Waals surface area contributed by atoms with Crippen LogP contribution in [0.2, 0.25) is 0 Å². The molecular weight excluding hydrogens is 276 g/mol. The number of rotatable bonds is 4. The van der Waals surface area contributed by atoms with Crippen molar-refractivity contribution in [3.8, 4) is 0 Å². The topological polar surface area (TPSA) is 69.6 Å². The van der Waals surface area contributed by atoms with Crippen molar-refractivity contribution in [2.24, 2.45) is 0 Å². The number of carbonyl (C=O) groups excluding carboxylic acids is 1. The molecule has 0 radical (unpaired) electrons. The van der Waals surface area contributed by atoms with E-state index in [1.807, 2.05) is 0 Å². The predicted octanol–water partition coefficient (Wildman–Crippen LogP) is 1.64. The maximum Gasteiger partial charge on any atom is 0.329 e. The molecule has 2 heterocycles. The van der Waals surface area contributed by atoms with Gasteiger partial charge in [-0.2, -0.15) is 0 Å². The molecule has 1 aromatic heterocycles. The Morgan fingerprint density at radius 2 is 2.33 bits per heavy atom. The van der Waals surface area contributed by atoms with E-state index in [4.69, 9.17) is 11.6 Å². The van der Waals surface area contributed by atoms with Gasteiger partial charge in [0, 0.05) is 19.4 Å². The SMILES string of the molecule is CCCc1nnc(N2C(=O)N(CCl)CCC2O)s1. The Labute approximate surface area is 114 Å². The van der Waals surface area contributed by atoms with Gasteiger partial charge in [-0.05, 0) is 6.42 Å². The van der Waals surface area contributed by atoms with E-state index in [9.17, 15) is 9.90 Å². The normalized spacial score (nSPS) is 20.6. The molecule has 0 saturated carbocycles. The number of urea groups is 1. The molecule has 0 spiro atoms. The largest absolute Gasteiger partial charge is 0.373 e. The lowest BCUT2D eigenvalue weighted by molar-refractivity contribution is 0.114. The van der Waals surface area contributed by atoms with Crippen LogP contribution in [0.25, 0.3) is 0 Å². The number of aliphatic hydroxyl groups excluding tert-OH is 1. The maximum atomic E-state index is 12.1. The molecule has 2 rings (SSSR count). The lowest BCUT2D eigenvalue weighted by Gasteiger charge is -2.36. The van der Waals surface area contributed by atoms with E-state index in [0.29, 0.717) is 18.1 Å². The summed E-state index contributed by atoms with van der Waals surface area (Å²) in [5, 5.41) is 19.2. The first kappa shape index (κ1) is 13.5. The zero-order chi connectivity index (χ0) is 13.1. The summed E-state index contributed by atoms with van der Waals surface area (Å²) >= 11 is 7.03. The molecule has 1 saturated heterocycles. The number of amides is 2. The van der Waals surface area contributed by atoms with Crippen molar-refractivity contribution in [2.45, 2.75) is 32.4 Å². The summed E-state index contributed by atoms with van der Waals surface area (Å²) in [6.45, 7) is 2.51. The van der Waals surface area contributed by atoms with Gasteiger partial charge in [0.2, 0.25) is 5.13 Å². The number of halogens is 1. The molecule has 1 aromatic rings. The molecule has 2 amide bonds. The van der Waals surface area contributed by atoms with Crippen LogP contribution < -0.4 is 4.90 Å². The number of hydrogen-bond acceptors (Lipinski definition) is 5. The third kappa shape index (κ3) is 2.57. The number of alkyl halides is 1. The van der Waals surface area contributed by atoms with Crippen LogP contribution in [0.3, 0.4) is 0 Å². The lowest BCUT2D eigenvalue weighted by Crippen LogP contribution is -2.54. The van der Waals surface area contributed by atoms with E-state index in [2.05, 4.69) is 17.1 Å². The second kappa shape index (κ2) is 5.81. The molecule has 1 fully saturated rings. The third-order valence-electron chi connectivity index (χ3n) is 2.70. The minimum absolute atomic E-state index is 0.114. The average molecular weight is 291 g/mol. The fourth-order valence-corrected chi connectivity index (χ4v) is 2.95. The van der Waals surface area contributed by atoms with Crippen molar-refractivity contribution in [1.29, 1.82) is 0 Å². The van der Waals surface area contributed by atoms with E-state index in [0.717, 1.165) is 17.8 Å². The highest BCUT2D eigenvalue weighted by atomic mass is 35.5. The van der Waals surface area contributed by atoms with E-state index in [1.54, 1.807) is 0 Å². The number of hydrogen-bond donors (Lipinski definition) is 1. The van der Waals surface area contributed by atoms with Gasteiger partial charge in [0.25, 0.3) is 0 Å². The molecule has 0 bridgehead atoms. The molecule has 8 heteroatoms. The smallest absolute Gasteiger partial charge is 0.329 e. The van der Waals surface area contributed by atoms with Crippen molar-refractivity contribution in [3.05, 3.63) is 5.01 Å². The van der Waals surface area contributed by atoms with Crippen molar-refractivity contribution in [3.63, 3.8) is 0 Å². The fourth-order valence-electron chi connectivity index (χ4n) is 1.75. The molecule has 1 atom stereocenters. The number of carbonyl (C=O) groups is 1. The van der Waals surface area contributed by atoms with Gasteiger partial charge in [0.15, 0.2) is 0 Å². The Bertz CT molecular complexity index is 428. The monoisotopic (exact) mass is 290 g/mol. The Hall–Kier alpha value is -0.920. The van der Waals surface area contributed by atoms with Crippen LogP contribution in [0.4, 0.5) is 9.93 Å². The molecule has 100 valence electrons. The van der Waals surface area contributed by atoms with Crippen molar-refractivity contribution < 1.29 is 9.90 Å². The summed E-state index contributed by atoms with van der Waals surface area (Å²) in [5.74, 6) is 0. The number of anilines is 1. The van der Waals surface area contributed by atoms with Crippen molar-refractivity contribution in [2.75, 3.05) is 17.4 Å². The predicted molar refractivity (Wildman–Crippen MR) is 69.8 cm³/mol. The van der Waals surface area contributed by atoms with Gasteiger partial charge in [-0.15, -0.1) is 21.8 Å². The Kier molecular flexibility index (Phi) is 4.36. The van der Waals surface area contributed by atoms with Crippen molar-refractivity contribution in [1.82, 2.24) is 15.1 Å². The van der Waals surface area contributed by atoms with Crippen LogP contribution >= 0.6 is 22.9 Å². The number of nitrogens with zero attached hydrogens (tertiary/aromatic N) is 4. The fraction of sp³-hybridized carbons (Fsp3) is 0.700. The average Bonchev–Trinajstić information content (AvgIpc) is 2.78. The highest BCUT2D eigenvalue weighted by molar-refractivity contribution is 7.15. The zero-order valence-electron chi connectivity index (χ0n) is 10.0. The van der Waals surface area contributed by atoms with Gasteiger partial charge < -0.3 is 10.0 Å². The third-order valence-corrected chi connectivity index (χ3v) is 3.97. The highest BCUT2D eigenvalue weighted by Gasteiger charge is 2.34. The molecule has 1 N–H and O–H groups in total. The Morgan fingerprint density at radius 1 is 1.56 bits per heavy atom. The van der Waals surface area contributed by atoms with E-state index < -0.39 is 6.23 Å². The van der Waals surface area contributed by atoms with Crippen LogP contribution in [0, 0.1) is 0 Å². The van der Waals surface area contributed by atoms with E-state index in [-0.39, 0.29) is 12.0 Å². The van der Waals surface area contributed by atoms with Gasteiger partial charge in [-0.1, -0.05) is 18.3 Å². The van der Waals surface area contributed by atoms with Crippen LogP contribution in [-0.2, 0) is 6.42 Å². The summed E-state index contributed by atoms with van der Waals surface area (Å²) in [6.07, 6.45) is 1.41. The molecule has 0 aliphatic carbocycles. The van der Waals surface area contributed by atoms with Crippen LogP contribution in [-0.4, -0.2) is 45.0 Å². The number of aryl methyl sites for hydroxylation is 1. The van der Waals surface area contributed by atoms with Gasteiger partial charge in [0.1, 0.15) is 11.2 Å². The molecule has 1 aliphatic heterocycles. The number of aromatic nitrogens is 2. The van der Waals surface area contributed by atoms with Crippen molar-refractivity contribution >= 4 is 34.1 Å². The summed E-state index contributed by atoms with van der Waals surface area (Å²) in [6, 6.07) is -0.203. The highest BCUT2D eigenvalue weighted by Crippen LogP contribution is 2.27. The summed E-state index contributed by atoms with van der Waals surface area (Å²) in [7, 11) is 0. The minimum Gasteiger partial charge on any atom is -0.373 e. The quantitative estimate of drug-likeness (QED) is 0.676. The minimum atomic E-state index is -0.848.